The average Bonchev–Trinajstić information content (AvgIpc) is 2.31. The van der Waals surface area contributed by atoms with Crippen molar-refractivity contribution in [1.29, 1.82) is 0 Å². The lowest BCUT2D eigenvalue weighted by atomic mass is 10.5. The largest absolute Gasteiger partial charge is 0.519 e. The minimum absolute atomic E-state index is 0.598. The fourth-order valence-electron chi connectivity index (χ4n) is 2.76. The Labute approximate surface area is 144 Å². The van der Waals surface area contributed by atoms with Gasteiger partial charge in [-0.1, -0.05) is 45.3 Å². The molecule has 152 valence electrons. The number of nitrogens with zero attached hydrogens (tertiary/aromatic N) is 1. The maximum absolute atomic E-state index is 13.2. The Bertz CT molecular complexity index is 669. The standard InChI is InChI=1S/C11H21F6NO4S2Si/c1-7(2)25(8(3)4,9(5)6)22-24(21,11(15,16)17)18-23(19,20)10(12,13)14/h7-9H,1-6H3. The predicted molar refractivity (Wildman–Crippen MR) is 83.7 cm³/mol. The first-order valence-corrected chi connectivity index (χ1v) is 12.1. The number of rotatable bonds is 6. The molecule has 1 unspecified atom stereocenters. The molecule has 25 heavy (non-hydrogen) atoms. The Hall–Kier alpha value is -0.343. The van der Waals surface area contributed by atoms with Gasteiger partial charge in [0.05, 0.1) is 0 Å². The van der Waals surface area contributed by atoms with Gasteiger partial charge in [0.2, 0.25) is 8.32 Å². The first-order chi connectivity index (χ1) is 10.7. The van der Waals surface area contributed by atoms with E-state index in [1.807, 2.05) is 0 Å². The molecule has 0 rings (SSSR count). The van der Waals surface area contributed by atoms with Crippen LogP contribution in [-0.4, -0.2) is 32.0 Å². The Morgan fingerprint density at radius 2 is 1.08 bits per heavy atom. The van der Waals surface area contributed by atoms with E-state index in [9.17, 15) is 39.0 Å². The molecular formula is C11H21F6NO4S2Si. The smallest absolute Gasteiger partial charge is 0.321 e. The van der Waals surface area contributed by atoms with Gasteiger partial charge in [-0.05, 0) is 16.6 Å². The average molecular weight is 438 g/mol. The number of halogens is 6. The molecule has 0 amide bonds. The van der Waals surface area contributed by atoms with Crippen LogP contribution in [0.5, 0.6) is 0 Å². The quantitative estimate of drug-likeness (QED) is 0.436. The second-order valence-electron chi connectivity index (χ2n) is 6.32. The predicted octanol–water partition coefficient (Wildman–Crippen LogP) is 4.93. The summed E-state index contributed by atoms with van der Waals surface area (Å²) in [4.78, 5) is 0. The molecule has 0 heterocycles. The summed E-state index contributed by atoms with van der Waals surface area (Å²) in [6.07, 6.45) is 0. The van der Waals surface area contributed by atoms with Crippen molar-refractivity contribution in [3.63, 3.8) is 0 Å². The van der Waals surface area contributed by atoms with Crippen LogP contribution in [0.3, 0.4) is 0 Å². The van der Waals surface area contributed by atoms with Gasteiger partial charge in [-0.15, -0.1) is 0 Å². The van der Waals surface area contributed by atoms with Crippen molar-refractivity contribution in [1.82, 2.24) is 0 Å². The molecule has 0 bridgehead atoms. The highest BCUT2D eigenvalue weighted by molar-refractivity contribution is 8.02. The molecule has 5 nitrogen and oxygen atoms in total. The van der Waals surface area contributed by atoms with E-state index in [2.05, 4.69) is 0 Å². The lowest BCUT2D eigenvalue weighted by Gasteiger charge is -2.41. The van der Waals surface area contributed by atoms with Crippen molar-refractivity contribution in [2.75, 3.05) is 0 Å². The van der Waals surface area contributed by atoms with Gasteiger partial charge in [0, 0.05) is 0 Å². The third-order valence-corrected chi connectivity index (χ3v) is 14.0. The Morgan fingerprint density at radius 3 is 1.28 bits per heavy atom. The second-order valence-corrected chi connectivity index (χ2v) is 15.6. The van der Waals surface area contributed by atoms with E-state index in [-0.39, 0.29) is 0 Å². The fraction of sp³-hybridized carbons (Fsp3) is 1.00. The van der Waals surface area contributed by atoms with Crippen molar-refractivity contribution in [3.05, 3.63) is 0 Å². The van der Waals surface area contributed by atoms with Crippen LogP contribution in [0.2, 0.25) is 16.6 Å². The van der Waals surface area contributed by atoms with Gasteiger partial charge in [0.15, 0.2) is 0 Å². The van der Waals surface area contributed by atoms with Crippen LogP contribution in [0.1, 0.15) is 41.5 Å². The monoisotopic (exact) mass is 437 g/mol. The number of alkyl halides is 6. The van der Waals surface area contributed by atoms with E-state index in [0.717, 1.165) is 0 Å². The third-order valence-electron chi connectivity index (χ3n) is 3.75. The first kappa shape index (κ1) is 24.7. The SMILES string of the molecule is CC(C)[Si](OS(=O)(=NS(=O)(=O)C(F)(F)F)C(F)(F)F)(C(C)C)C(C)C. The molecular weight excluding hydrogens is 416 g/mol. The first-order valence-electron chi connectivity index (χ1n) is 7.11. The highest BCUT2D eigenvalue weighted by atomic mass is 32.3. The van der Waals surface area contributed by atoms with Gasteiger partial charge in [-0.25, -0.2) is 4.21 Å². The zero-order valence-electron chi connectivity index (χ0n) is 14.4. The molecule has 0 saturated carbocycles. The number of hydrogen-bond donors (Lipinski definition) is 0. The van der Waals surface area contributed by atoms with E-state index >= 15 is 0 Å². The maximum Gasteiger partial charge on any atom is 0.519 e. The summed E-state index contributed by atoms with van der Waals surface area (Å²) >= 11 is 0. The molecule has 0 aliphatic carbocycles. The molecule has 0 spiro atoms. The van der Waals surface area contributed by atoms with Crippen LogP contribution < -0.4 is 0 Å². The molecule has 0 radical (unpaired) electrons. The Morgan fingerprint density at radius 1 is 0.760 bits per heavy atom. The van der Waals surface area contributed by atoms with Crippen LogP contribution in [0.15, 0.2) is 3.77 Å². The summed E-state index contributed by atoms with van der Waals surface area (Å²) in [5.74, 6) is 0. The molecule has 0 aliphatic rings. The topological polar surface area (TPSA) is 72.8 Å². The molecule has 14 heteroatoms. The zero-order chi connectivity index (χ0) is 20.6. The Balaban J connectivity index is 6.80. The normalized spacial score (nSPS) is 17.2. The van der Waals surface area contributed by atoms with Crippen molar-refractivity contribution in [2.45, 2.75) is 69.2 Å². The summed E-state index contributed by atoms with van der Waals surface area (Å²) < 4.78 is 118. The third kappa shape index (κ3) is 4.89. The lowest BCUT2D eigenvalue weighted by Crippen LogP contribution is -2.51. The van der Waals surface area contributed by atoms with Gasteiger partial charge in [0.1, 0.15) is 0 Å². The van der Waals surface area contributed by atoms with Crippen molar-refractivity contribution >= 4 is 28.4 Å². The minimum Gasteiger partial charge on any atom is -0.321 e. The number of sulfonamides is 1. The summed E-state index contributed by atoms with van der Waals surface area (Å²) in [6, 6.07) is 0. The molecule has 0 fully saturated rings. The van der Waals surface area contributed by atoms with Gasteiger partial charge < -0.3 is 3.87 Å². The summed E-state index contributed by atoms with van der Waals surface area (Å²) in [6.45, 7) is 8.92. The Kier molecular flexibility index (Phi) is 7.25. The summed E-state index contributed by atoms with van der Waals surface area (Å²) in [5.41, 5.74) is -13.8. The summed E-state index contributed by atoms with van der Waals surface area (Å²) in [7, 11) is -16.5. The van der Waals surface area contributed by atoms with Crippen molar-refractivity contribution < 1.29 is 42.8 Å². The van der Waals surface area contributed by atoms with E-state index in [1.54, 1.807) is 3.77 Å². The van der Waals surface area contributed by atoms with E-state index in [1.165, 1.54) is 41.5 Å². The highest BCUT2D eigenvalue weighted by Crippen LogP contribution is 2.46. The summed E-state index contributed by atoms with van der Waals surface area (Å²) in [5, 5.41) is 0. The number of hydrogen-bond acceptors (Lipinski definition) is 4. The van der Waals surface area contributed by atoms with Crippen LogP contribution >= 0.6 is 0 Å². The van der Waals surface area contributed by atoms with E-state index < -0.39 is 56.0 Å². The molecule has 0 aromatic heterocycles. The molecule has 0 aromatic carbocycles. The van der Waals surface area contributed by atoms with Crippen molar-refractivity contribution in [3.8, 4) is 0 Å². The van der Waals surface area contributed by atoms with Gasteiger partial charge in [-0.3, -0.25) is 0 Å². The van der Waals surface area contributed by atoms with E-state index in [0.29, 0.717) is 0 Å². The second kappa shape index (κ2) is 7.35. The van der Waals surface area contributed by atoms with Crippen LogP contribution in [-0.2, 0) is 23.9 Å². The van der Waals surface area contributed by atoms with Crippen LogP contribution in [0.4, 0.5) is 26.3 Å². The van der Waals surface area contributed by atoms with Gasteiger partial charge >= 0.3 is 21.0 Å². The van der Waals surface area contributed by atoms with Crippen LogP contribution in [0, 0.1) is 0 Å². The maximum atomic E-state index is 13.2. The molecule has 0 saturated heterocycles. The minimum atomic E-state index is -6.66. The van der Waals surface area contributed by atoms with E-state index in [4.69, 9.17) is 3.87 Å². The lowest BCUT2D eigenvalue weighted by molar-refractivity contribution is -0.0474. The molecule has 0 aliphatic heterocycles. The fourth-order valence-corrected chi connectivity index (χ4v) is 13.1. The van der Waals surface area contributed by atoms with Crippen LogP contribution in [0.25, 0.3) is 0 Å². The zero-order valence-corrected chi connectivity index (χ0v) is 17.0. The highest BCUT2D eigenvalue weighted by Gasteiger charge is 2.58. The van der Waals surface area contributed by atoms with Crippen molar-refractivity contribution in [2.24, 2.45) is 3.77 Å². The van der Waals surface area contributed by atoms with Gasteiger partial charge in [-0.2, -0.15) is 34.8 Å². The molecule has 0 aromatic rings. The van der Waals surface area contributed by atoms with Gasteiger partial charge in [0.25, 0.3) is 10.0 Å². The molecule has 1 atom stereocenters. The molecule has 0 N–H and O–H groups in total.